The van der Waals surface area contributed by atoms with E-state index in [1.807, 2.05) is 0 Å². The minimum Gasteiger partial charge on any atom is -0.476 e. The summed E-state index contributed by atoms with van der Waals surface area (Å²) in [6.45, 7) is 0.185. The molecule has 1 aliphatic carbocycles. The van der Waals surface area contributed by atoms with E-state index in [4.69, 9.17) is 4.74 Å². The molecule has 0 amide bonds. The summed E-state index contributed by atoms with van der Waals surface area (Å²) in [5.74, 6) is 0.876. The van der Waals surface area contributed by atoms with E-state index in [1.54, 1.807) is 18.3 Å². The van der Waals surface area contributed by atoms with Gasteiger partial charge in [0.15, 0.2) is 5.60 Å². The van der Waals surface area contributed by atoms with Crippen molar-refractivity contribution in [2.24, 2.45) is 5.92 Å². The number of pyridine rings is 1. The first-order valence-electron chi connectivity index (χ1n) is 7.01. The zero-order valence-corrected chi connectivity index (χ0v) is 11.4. The van der Waals surface area contributed by atoms with E-state index in [2.05, 4.69) is 4.98 Å². The van der Waals surface area contributed by atoms with Crippen molar-refractivity contribution in [2.75, 3.05) is 24.6 Å². The lowest BCUT2D eigenvalue weighted by Gasteiger charge is -2.27. The molecule has 1 aromatic heterocycles. The molecule has 2 aliphatic rings. The molecule has 1 N–H and O–H groups in total. The van der Waals surface area contributed by atoms with Crippen molar-refractivity contribution in [2.45, 2.75) is 31.0 Å². The molecule has 116 valence electrons. The molecule has 1 saturated carbocycles. The van der Waals surface area contributed by atoms with Crippen LogP contribution < -0.4 is 9.64 Å². The van der Waals surface area contributed by atoms with Gasteiger partial charge in [0.2, 0.25) is 5.88 Å². The second-order valence-electron chi connectivity index (χ2n) is 5.78. The average molecular weight is 302 g/mol. The maximum atomic E-state index is 12.9. The summed E-state index contributed by atoms with van der Waals surface area (Å²) >= 11 is 0. The SMILES string of the molecule is OC1(C(F)(F)F)CCN(c2cccnc2OCC2CC2)C1. The number of rotatable bonds is 4. The van der Waals surface area contributed by atoms with Gasteiger partial charge in [0.1, 0.15) is 0 Å². The van der Waals surface area contributed by atoms with Gasteiger partial charge in [0.25, 0.3) is 0 Å². The summed E-state index contributed by atoms with van der Waals surface area (Å²) in [6, 6.07) is 3.33. The number of nitrogens with zero attached hydrogens (tertiary/aromatic N) is 2. The van der Waals surface area contributed by atoms with Crippen molar-refractivity contribution in [1.29, 1.82) is 0 Å². The predicted octanol–water partition coefficient (Wildman–Crippen LogP) is 2.37. The van der Waals surface area contributed by atoms with Crippen molar-refractivity contribution in [3.63, 3.8) is 0 Å². The molecule has 21 heavy (non-hydrogen) atoms. The highest BCUT2D eigenvalue weighted by molar-refractivity contribution is 5.56. The van der Waals surface area contributed by atoms with Crippen LogP contribution in [0.25, 0.3) is 0 Å². The maximum absolute atomic E-state index is 12.9. The number of aromatic nitrogens is 1. The lowest BCUT2D eigenvalue weighted by Crippen LogP contribution is -2.47. The molecule has 0 bridgehead atoms. The van der Waals surface area contributed by atoms with E-state index in [-0.39, 0.29) is 13.0 Å². The molecule has 4 nitrogen and oxygen atoms in total. The van der Waals surface area contributed by atoms with Gasteiger partial charge in [-0.3, -0.25) is 0 Å². The maximum Gasteiger partial charge on any atom is 0.418 e. The quantitative estimate of drug-likeness (QED) is 0.927. The van der Waals surface area contributed by atoms with Crippen molar-refractivity contribution in [3.8, 4) is 5.88 Å². The summed E-state index contributed by atoms with van der Waals surface area (Å²) < 4.78 is 44.2. The number of halogens is 3. The molecule has 1 atom stereocenters. The molecule has 1 aliphatic heterocycles. The topological polar surface area (TPSA) is 45.6 Å². The Balaban J connectivity index is 1.75. The van der Waals surface area contributed by atoms with Crippen LogP contribution in [-0.2, 0) is 0 Å². The number of hydrogen-bond acceptors (Lipinski definition) is 4. The third-order valence-corrected chi connectivity index (χ3v) is 4.02. The molecule has 1 aromatic rings. The molecule has 2 heterocycles. The van der Waals surface area contributed by atoms with Crippen LogP contribution in [0.5, 0.6) is 5.88 Å². The second kappa shape index (κ2) is 5.05. The molecule has 0 radical (unpaired) electrons. The number of alkyl halides is 3. The van der Waals surface area contributed by atoms with Crippen LogP contribution in [0.4, 0.5) is 18.9 Å². The Bertz CT molecular complexity index is 519. The zero-order chi connectivity index (χ0) is 15.1. The summed E-state index contributed by atoms with van der Waals surface area (Å²) in [5.41, 5.74) is -2.14. The van der Waals surface area contributed by atoms with Gasteiger partial charge >= 0.3 is 6.18 Å². The lowest BCUT2D eigenvalue weighted by atomic mass is 10.0. The Labute approximate surface area is 120 Å². The summed E-state index contributed by atoms with van der Waals surface area (Å²) in [6.07, 6.45) is -1.16. The van der Waals surface area contributed by atoms with Gasteiger partial charge in [-0.2, -0.15) is 13.2 Å². The Hall–Kier alpha value is -1.50. The number of ether oxygens (including phenoxy) is 1. The van der Waals surface area contributed by atoms with Crippen LogP contribution in [0.2, 0.25) is 0 Å². The Morgan fingerprint density at radius 1 is 1.43 bits per heavy atom. The number of hydrogen-bond donors (Lipinski definition) is 1. The molecule has 3 rings (SSSR count). The molecule has 7 heteroatoms. The van der Waals surface area contributed by atoms with E-state index in [1.165, 1.54) is 4.90 Å². The van der Waals surface area contributed by atoms with Crippen molar-refractivity contribution < 1.29 is 23.0 Å². The highest BCUT2D eigenvalue weighted by atomic mass is 19.4. The minimum atomic E-state index is -4.63. The van der Waals surface area contributed by atoms with Gasteiger partial charge in [0, 0.05) is 19.2 Å². The number of β-amino-alcohol motifs (C(OH)–C–C–N with tert-alkyl or cyclic N) is 1. The van der Waals surface area contributed by atoms with Crippen LogP contribution in [0, 0.1) is 5.92 Å². The Kier molecular flexibility index (Phi) is 3.47. The highest BCUT2D eigenvalue weighted by Crippen LogP contribution is 2.41. The third kappa shape index (κ3) is 2.92. The van der Waals surface area contributed by atoms with E-state index in [9.17, 15) is 18.3 Å². The van der Waals surface area contributed by atoms with Crippen molar-refractivity contribution >= 4 is 5.69 Å². The largest absolute Gasteiger partial charge is 0.476 e. The van der Waals surface area contributed by atoms with E-state index >= 15 is 0 Å². The van der Waals surface area contributed by atoms with Crippen LogP contribution >= 0.6 is 0 Å². The third-order valence-electron chi connectivity index (χ3n) is 4.02. The van der Waals surface area contributed by atoms with Gasteiger partial charge in [-0.1, -0.05) is 0 Å². The van der Waals surface area contributed by atoms with Gasteiger partial charge in [-0.25, -0.2) is 4.98 Å². The van der Waals surface area contributed by atoms with Crippen LogP contribution in [-0.4, -0.2) is 41.6 Å². The average Bonchev–Trinajstić information content (AvgIpc) is 3.17. The molecule has 0 aromatic carbocycles. The summed E-state index contributed by atoms with van der Waals surface area (Å²) in [7, 11) is 0. The first-order chi connectivity index (χ1) is 9.89. The van der Waals surface area contributed by atoms with Crippen LogP contribution in [0.15, 0.2) is 18.3 Å². The van der Waals surface area contributed by atoms with E-state index < -0.39 is 18.3 Å². The van der Waals surface area contributed by atoms with Crippen molar-refractivity contribution in [3.05, 3.63) is 18.3 Å². The first-order valence-corrected chi connectivity index (χ1v) is 7.01. The summed E-state index contributed by atoms with van der Waals surface area (Å²) in [4.78, 5) is 5.59. The molecule has 2 fully saturated rings. The molecular weight excluding hydrogens is 285 g/mol. The fourth-order valence-corrected chi connectivity index (χ4v) is 2.45. The molecule has 1 saturated heterocycles. The second-order valence-corrected chi connectivity index (χ2v) is 5.78. The zero-order valence-electron chi connectivity index (χ0n) is 11.4. The van der Waals surface area contributed by atoms with Gasteiger partial charge < -0.3 is 14.7 Å². The van der Waals surface area contributed by atoms with Crippen LogP contribution in [0.3, 0.4) is 0 Å². The summed E-state index contributed by atoms with van der Waals surface area (Å²) in [5, 5.41) is 9.75. The Morgan fingerprint density at radius 2 is 2.19 bits per heavy atom. The smallest absolute Gasteiger partial charge is 0.418 e. The Morgan fingerprint density at radius 3 is 2.81 bits per heavy atom. The standard InChI is InChI=1S/C14H17F3N2O2/c15-14(16,17)13(20)5-7-19(9-13)11-2-1-6-18-12(11)21-8-10-3-4-10/h1-2,6,10,20H,3-5,7-9H2. The predicted molar refractivity (Wildman–Crippen MR) is 70.3 cm³/mol. The monoisotopic (exact) mass is 302 g/mol. The molecular formula is C14H17F3N2O2. The molecule has 0 spiro atoms. The van der Waals surface area contributed by atoms with Crippen LogP contribution in [0.1, 0.15) is 19.3 Å². The highest BCUT2D eigenvalue weighted by Gasteiger charge is 2.57. The van der Waals surface area contributed by atoms with E-state index in [0.717, 1.165) is 12.8 Å². The lowest BCUT2D eigenvalue weighted by molar-refractivity contribution is -0.250. The van der Waals surface area contributed by atoms with Crippen molar-refractivity contribution in [1.82, 2.24) is 4.98 Å². The number of anilines is 1. The first kappa shape index (κ1) is 14.4. The normalized spacial score (nSPS) is 26.2. The minimum absolute atomic E-state index is 0.126. The fraction of sp³-hybridized carbons (Fsp3) is 0.643. The van der Waals surface area contributed by atoms with Gasteiger partial charge in [-0.15, -0.1) is 0 Å². The number of aliphatic hydroxyl groups is 1. The van der Waals surface area contributed by atoms with E-state index in [0.29, 0.717) is 24.1 Å². The van der Waals surface area contributed by atoms with Gasteiger partial charge in [-0.05, 0) is 30.9 Å². The van der Waals surface area contributed by atoms with Gasteiger partial charge in [0.05, 0.1) is 18.8 Å². The molecule has 1 unspecified atom stereocenters. The fourth-order valence-electron chi connectivity index (χ4n) is 2.45.